The monoisotopic (exact) mass is 408 g/mol. The molecule has 158 valence electrons. The number of carbonyl (C=O) groups excluding carboxylic acids is 2. The molecule has 3 fully saturated rings. The Bertz CT molecular complexity index is 886. The summed E-state index contributed by atoms with van der Waals surface area (Å²) in [5.74, 6) is 1.02. The van der Waals surface area contributed by atoms with Crippen LogP contribution in [0.25, 0.3) is 0 Å². The maximum atomic E-state index is 12.9. The Morgan fingerprint density at radius 3 is 2.80 bits per heavy atom. The molecular formula is C22H28N6O2. The quantitative estimate of drug-likeness (QED) is 0.806. The van der Waals surface area contributed by atoms with Crippen molar-refractivity contribution in [3.05, 3.63) is 43.0 Å². The minimum absolute atomic E-state index is 0.0465. The van der Waals surface area contributed by atoms with E-state index >= 15 is 0 Å². The summed E-state index contributed by atoms with van der Waals surface area (Å²) in [7, 11) is 0. The van der Waals surface area contributed by atoms with Crippen LogP contribution in [0.5, 0.6) is 0 Å². The van der Waals surface area contributed by atoms with Crippen LogP contribution >= 0.6 is 0 Å². The van der Waals surface area contributed by atoms with Gasteiger partial charge < -0.3 is 15.1 Å². The lowest BCUT2D eigenvalue weighted by Gasteiger charge is -2.57. The molecule has 0 unspecified atom stereocenters. The standard InChI is InChI=1S/C22H28N6O2/c29-21(15-27-10-2-7-25-27)24-12-20-17-11-16(19-3-1-4-22(30)28(19)20)13-26(14-17)18-5-8-23-9-6-18/h2,5-10,16-17,19-20H,1,3-4,11-15H2,(H,24,29)/t16-,17+,19+,20+/m1/s1. The molecule has 2 amide bonds. The molecule has 1 N–H and O–H groups in total. The van der Waals surface area contributed by atoms with Crippen LogP contribution in [0.1, 0.15) is 25.7 Å². The fourth-order valence-electron chi connectivity index (χ4n) is 5.62. The molecule has 0 saturated carbocycles. The second-order valence-electron chi connectivity index (χ2n) is 8.70. The number of aromatic nitrogens is 3. The molecule has 5 rings (SSSR count). The first-order valence-electron chi connectivity index (χ1n) is 10.9. The van der Waals surface area contributed by atoms with Gasteiger partial charge in [0, 0.05) is 62.6 Å². The van der Waals surface area contributed by atoms with Gasteiger partial charge in [-0.05, 0) is 49.3 Å². The zero-order valence-corrected chi connectivity index (χ0v) is 17.1. The molecule has 0 aromatic carbocycles. The van der Waals surface area contributed by atoms with Crippen LogP contribution in [0.3, 0.4) is 0 Å². The van der Waals surface area contributed by atoms with Crippen molar-refractivity contribution in [1.82, 2.24) is 25.0 Å². The number of hydrogen-bond acceptors (Lipinski definition) is 5. The maximum absolute atomic E-state index is 12.9. The van der Waals surface area contributed by atoms with Crippen LogP contribution in [0.4, 0.5) is 5.69 Å². The Balaban J connectivity index is 1.34. The third kappa shape index (κ3) is 3.66. The molecule has 0 aliphatic carbocycles. The summed E-state index contributed by atoms with van der Waals surface area (Å²) in [4.78, 5) is 34.1. The molecule has 2 bridgehead atoms. The molecule has 2 aromatic heterocycles. The number of hydrogen-bond donors (Lipinski definition) is 1. The number of carbonyl (C=O) groups is 2. The van der Waals surface area contributed by atoms with Gasteiger partial charge in [0.25, 0.3) is 0 Å². The third-order valence-corrected chi connectivity index (χ3v) is 6.90. The number of rotatable bonds is 5. The molecule has 3 aliphatic rings. The molecule has 4 atom stereocenters. The number of amides is 2. The third-order valence-electron chi connectivity index (χ3n) is 6.90. The number of fused-ring (bicyclic) bond motifs is 4. The first-order chi connectivity index (χ1) is 14.7. The van der Waals surface area contributed by atoms with Crippen molar-refractivity contribution in [2.24, 2.45) is 11.8 Å². The van der Waals surface area contributed by atoms with E-state index in [0.29, 0.717) is 24.8 Å². The van der Waals surface area contributed by atoms with Crippen LogP contribution in [0.15, 0.2) is 43.0 Å². The molecule has 8 heteroatoms. The van der Waals surface area contributed by atoms with Crippen LogP contribution < -0.4 is 10.2 Å². The highest BCUT2D eigenvalue weighted by Gasteiger charge is 2.49. The average Bonchev–Trinajstić information content (AvgIpc) is 3.27. The van der Waals surface area contributed by atoms with E-state index in [1.807, 2.05) is 12.4 Å². The van der Waals surface area contributed by atoms with Crippen LogP contribution in [-0.2, 0) is 16.1 Å². The van der Waals surface area contributed by atoms with E-state index in [1.165, 1.54) is 5.69 Å². The second kappa shape index (κ2) is 8.08. The zero-order chi connectivity index (χ0) is 20.5. The minimum atomic E-state index is -0.0661. The molecule has 0 radical (unpaired) electrons. The zero-order valence-electron chi connectivity index (χ0n) is 17.1. The fourth-order valence-corrected chi connectivity index (χ4v) is 5.62. The van der Waals surface area contributed by atoms with E-state index < -0.39 is 0 Å². The molecule has 3 saturated heterocycles. The normalized spacial score (nSPS) is 28.2. The van der Waals surface area contributed by atoms with E-state index in [2.05, 4.69) is 37.3 Å². The summed E-state index contributed by atoms with van der Waals surface area (Å²) < 4.78 is 1.62. The van der Waals surface area contributed by atoms with Crippen molar-refractivity contribution < 1.29 is 9.59 Å². The summed E-state index contributed by atoms with van der Waals surface area (Å²) in [5, 5.41) is 7.18. The Hall–Kier alpha value is -2.90. The van der Waals surface area contributed by atoms with Gasteiger partial charge in [0.1, 0.15) is 6.54 Å². The van der Waals surface area contributed by atoms with Gasteiger partial charge >= 0.3 is 0 Å². The number of anilines is 1. The summed E-state index contributed by atoms with van der Waals surface area (Å²) in [6.45, 7) is 2.58. The Kier molecular flexibility index (Phi) is 5.14. The highest BCUT2D eigenvalue weighted by atomic mass is 16.2. The lowest BCUT2D eigenvalue weighted by Crippen LogP contribution is -2.67. The van der Waals surface area contributed by atoms with Crippen molar-refractivity contribution in [3.63, 3.8) is 0 Å². The Morgan fingerprint density at radius 2 is 2.00 bits per heavy atom. The smallest absolute Gasteiger partial charge is 0.241 e. The summed E-state index contributed by atoms with van der Waals surface area (Å²) in [6.07, 6.45) is 10.9. The topological polar surface area (TPSA) is 83.4 Å². The van der Waals surface area contributed by atoms with Crippen molar-refractivity contribution in [3.8, 4) is 0 Å². The predicted octanol–water partition coefficient (Wildman–Crippen LogP) is 1.30. The molecule has 30 heavy (non-hydrogen) atoms. The van der Waals surface area contributed by atoms with Crippen molar-refractivity contribution in [2.75, 3.05) is 24.5 Å². The van der Waals surface area contributed by atoms with Crippen LogP contribution in [0.2, 0.25) is 0 Å². The maximum Gasteiger partial charge on any atom is 0.241 e. The molecule has 3 aliphatic heterocycles. The van der Waals surface area contributed by atoms with Crippen molar-refractivity contribution in [2.45, 2.75) is 44.3 Å². The van der Waals surface area contributed by atoms with Gasteiger partial charge in [0.15, 0.2) is 0 Å². The van der Waals surface area contributed by atoms with Crippen LogP contribution in [0, 0.1) is 11.8 Å². The second-order valence-corrected chi connectivity index (χ2v) is 8.70. The number of piperidine rings is 3. The summed E-state index contributed by atoms with van der Waals surface area (Å²) >= 11 is 0. The van der Waals surface area contributed by atoms with Gasteiger partial charge in [-0.15, -0.1) is 0 Å². The summed E-state index contributed by atoms with van der Waals surface area (Å²) in [6, 6.07) is 6.25. The first-order valence-corrected chi connectivity index (χ1v) is 10.9. The van der Waals surface area contributed by atoms with E-state index in [1.54, 1.807) is 23.1 Å². The molecule has 2 aromatic rings. The van der Waals surface area contributed by atoms with Gasteiger partial charge in [-0.1, -0.05) is 0 Å². The molecular weight excluding hydrogens is 380 g/mol. The lowest BCUT2D eigenvalue weighted by molar-refractivity contribution is -0.149. The predicted molar refractivity (Wildman–Crippen MR) is 112 cm³/mol. The molecule has 5 heterocycles. The van der Waals surface area contributed by atoms with Crippen molar-refractivity contribution >= 4 is 17.5 Å². The highest BCUT2D eigenvalue weighted by Crippen LogP contribution is 2.42. The van der Waals surface area contributed by atoms with Gasteiger partial charge in [-0.2, -0.15) is 5.10 Å². The molecule has 8 nitrogen and oxygen atoms in total. The van der Waals surface area contributed by atoms with Crippen LogP contribution in [-0.4, -0.2) is 63.2 Å². The van der Waals surface area contributed by atoms with E-state index in [9.17, 15) is 9.59 Å². The SMILES string of the molecule is O=C(Cn1cccn1)NC[C@H]1[C@H]2C[C@H](CN(c3ccncc3)C2)[C@@H]2CCCC(=O)N21. The largest absolute Gasteiger partial charge is 0.371 e. The number of nitrogens with one attached hydrogen (secondary N) is 1. The molecule has 0 spiro atoms. The van der Waals surface area contributed by atoms with E-state index in [0.717, 1.165) is 32.4 Å². The lowest BCUT2D eigenvalue weighted by atomic mass is 9.72. The van der Waals surface area contributed by atoms with E-state index in [4.69, 9.17) is 0 Å². The van der Waals surface area contributed by atoms with Gasteiger partial charge in [-0.25, -0.2) is 0 Å². The Labute approximate surface area is 176 Å². The summed E-state index contributed by atoms with van der Waals surface area (Å²) in [5.41, 5.74) is 1.19. The fraction of sp³-hybridized carbons (Fsp3) is 0.545. The number of pyridine rings is 1. The van der Waals surface area contributed by atoms with E-state index in [-0.39, 0.29) is 30.4 Å². The highest BCUT2D eigenvalue weighted by molar-refractivity contribution is 5.79. The van der Waals surface area contributed by atoms with Gasteiger partial charge in [0.05, 0.1) is 6.04 Å². The number of nitrogens with zero attached hydrogens (tertiary/aromatic N) is 5. The average molecular weight is 409 g/mol. The minimum Gasteiger partial charge on any atom is -0.371 e. The van der Waals surface area contributed by atoms with Gasteiger partial charge in [0.2, 0.25) is 11.8 Å². The Morgan fingerprint density at radius 1 is 1.17 bits per heavy atom. The first kappa shape index (κ1) is 19.1. The van der Waals surface area contributed by atoms with Crippen molar-refractivity contribution in [1.29, 1.82) is 0 Å². The van der Waals surface area contributed by atoms with Gasteiger partial charge in [-0.3, -0.25) is 19.3 Å².